The Morgan fingerprint density at radius 2 is 1.64 bits per heavy atom. The van der Waals surface area contributed by atoms with Crippen molar-refractivity contribution in [2.24, 2.45) is 0 Å². The van der Waals surface area contributed by atoms with Crippen LogP contribution in [0, 0.1) is 20.8 Å². The summed E-state index contributed by atoms with van der Waals surface area (Å²) in [6, 6.07) is 14.0. The molecule has 0 saturated heterocycles. The molecule has 22 heavy (non-hydrogen) atoms. The van der Waals surface area contributed by atoms with Gasteiger partial charge >= 0.3 is 0 Å². The van der Waals surface area contributed by atoms with Crippen molar-refractivity contribution in [3.05, 3.63) is 64.7 Å². The molecule has 0 saturated carbocycles. The molecule has 0 N–H and O–H groups in total. The summed E-state index contributed by atoms with van der Waals surface area (Å²) in [4.78, 5) is 13.9. The van der Waals surface area contributed by atoms with E-state index in [0.717, 1.165) is 16.9 Å². The number of amides is 1. The fraction of sp³-hybridized carbons (Fsp3) is 0.316. The normalized spacial score (nSPS) is 10.4. The van der Waals surface area contributed by atoms with E-state index in [0.29, 0.717) is 6.54 Å². The van der Waals surface area contributed by atoms with E-state index in [1.54, 1.807) is 11.9 Å². The molecule has 116 valence electrons. The van der Waals surface area contributed by atoms with Crippen LogP contribution in [0.5, 0.6) is 5.75 Å². The first-order valence-corrected chi connectivity index (χ1v) is 7.46. The van der Waals surface area contributed by atoms with Crippen LogP contribution in [-0.2, 0) is 11.3 Å². The second-order valence-corrected chi connectivity index (χ2v) is 5.73. The minimum Gasteiger partial charge on any atom is -0.483 e. The first-order chi connectivity index (χ1) is 10.5. The lowest BCUT2D eigenvalue weighted by atomic mass is 10.1. The number of benzene rings is 2. The molecule has 0 heterocycles. The quantitative estimate of drug-likeness (QED) is 0.843. The molecule has 2 aromatic rings. The lowest BCUT2D eigenvalue weighted by Gasteiger charge is -2.18. The fourth-order valence-electron chi connectivity index (χ4n) is 2.28. The van der Waals surface area contributed by atoms with E-state index in [9.17, 15) is 4.79 Å². The van der Waals surface area contributed by atoms with Crippen LogP contribution in [0.25, 0.3) is 0 Å². The van der Waals surface area contributed by atoms with Crippen LogP contribution in [0.3, 0.4) is 0 Å². The minimum atomic E-state index is -0.0264. The number of ether oxygens (including phenoxy) is 1. The second-order valence-electron chi connectivity index (χ2n) is 5.73. The van der Waals surface area contributed by atoms with E-state index in [4.69, 9.17) is 4.74 Å². The number of hydrogen-bond acceptors (Lipinski definition) is 2. The number of carbonyl (C=O) groups is 1. The Hall–Kier alpha value is -2.29. The zero-order chi connectivity index (χ0) is 16.1. The number of likely N-dealkylation sites (N-methyl/N-ethyl adjacent to an activating group) is 1. The summed E-state index contributed by atoms with van der Waals surface area (Å²) >= 11 is 0. The molecular weight excluding hydrogens is 274 g/mol. The molecule has 0 fully saturated rings. The Labute approximate surface area is 132 Å². The third kappa shape index (κ3) is 4.10. The van der Waals surface area contributed by atoms with E-state index in [-0.39, 0.29) is 12.5 Å². The van der Waals surface area contributed by atoms with Crippen molar-refractivity contribution in [3.63, 3.8) is 0 Å². The molecule has 0 unspecified atom stereocenters. The largest absolute Gasteiger partial charge is 0.483 e. The summed E-state index contributed by atoms with van der Waals surface area (Å²) in [7, 11) is 1.80. The highest BCUT2D eigenvalue weighted by molar-refractivity contribution is 5.77. The van der Waals surface area contributed by atoms with E-state index in [2.05, 4.69) is 13.0 Å². The molecule has 2 aromatic carbocycles. The standard InChI is InChI=1S/C19H23NO2/c1-14-10-16(3)18(11-15(14)2)22-13-19(21)20(4)12-17-8-6-5-7-9-17/h5-11H,12-13H2,1-4H3. The molecule has 3 heteroatoms. The number of nitrogens with zero attached hydrogens (tertiary/aromatic N) is 1. The van der Waals surface area contributed by atoms with Gasteiger partial charge in [-0.25, -0.2) is 0 Å². The Kier molecular flexibility index (Phi) is 5.21. The van der Waals surface area contributed by atoms with Gasteiger partial charge in [0.2, 0.25) is 0 Å². The average molecular weight is 297 g/mol. The fourth-order valence-corrected chi connectivity index (χ4v) is 2.28. The Balaban J connectivity index is 1.94. The van der Waals surface area contributed by atoms with Crippen molar-refractivity contribution in [1.29, 1.82) is 0 Å². The molecule has 0 aliphatic carbocycles. The third-order valence-corrected chi connectivity index (χ3v) is 3.83. The van der Waals surface area contributed by atoms with Gasteiger partial charge in [0, 0.05) is 13.6 Å². The van der Waals surface area contributed by atoms with Crippen LogP contribution in [0.15, 0.2) is 42.5 Å². The number of rotatable bonds is 5. The van der Waals surface area contributed by atoms with Crippen LogP contribution < -0.4 is 4.74 Å². The van der Waals surface area contributed by atoms with Crippen molar-refractivity contribution in [2.45, 2.75) is 27.3 Å². The number of hydrogen-bond donors (Lipinski definition) is 0. The predicted molar refractivity (Wildman–Crippen MR) is 89.1 cm³/mol. The first-order valence-electron chi connectivity index (χ1n) is 7.46. The zero-order valence-corrected chi connectivity index (χ0v) is 13.7. The van der Waals surface area contributed by atoms with E-state index < -0.39 is 0 Å². The van der Waals surface area contributed by atoms with Crippen LogP contribution in [0.4, 0.5) is 0 Å². The molecule has 1 amide bonds. The van der Waals surface area contributed by atoms with E-state index in [1.165, 1.54) is 11.1 Å². The monoisotopic (exact) mass is 297 g/mol. The van der Waals surface area contributed by atoms with E-state index >= 15 is 0 Å². The lowest BCUT2D eigenvalue weighted by molar-refractivity contribution is -0.132. The van der Waals surface area contributed by atoms with Gasteiger partial charge in [0.15, 0.2) is 6.61 Å². The summed E-state index contributed by atoms with van der Waals surface area (Å²) in [6.45, 7) is 6.78. The lowest BCUT2D eigenvalue weighted by Crippen LogP contribution is -2.31. The maximum atomic E-state index is 12.2. The molecule has 0 aromatic heterocycles. The molecular formula is C19H23NO2. The van der Waals surface area contributed by atoms with Gasteiger partial charge in [-0.2, -0.15) is 0 Å². The van der Waals surface area contributed by atoms with Gasteiger partial charge in [-0.1, -0.05) is 36.4 Å². The smallest absolute Gasteiger partial charge is 0.260 e. The van der Waals surface area contributed by atoms with Crippen molar-refractivity contribution in [1.82, 2.24) is 4.90 Å². The van der Waals surface area contributed by atoms with Crippen LogP contribution in [0.1, 0.15) is 22.3 Å². The maximum Gasteiger partial charge on any atom is 0.260 e. The second kappa shape index (κ2) is 7.12. The van der Waals surface area contributed by atoms with Gasteiger partial charge in [0.05, 0.1) is 0 Å². The Morgan fingerprint density at radius 1 is 1.00 bits per heavy atom. The topological polar surface area (TPSA) is 29.5 Å². The molecule has 0 spiro atoms. The molecule has 0 bridgehead atoms. The highest BCUT2D eigenvalue weighted by atomic mass is 16.5. The molecule has 0 aliphatic rings. The number of aryl methyl sites for hydroxylation is 3. The van der Waals surface area contributed by atoms with Gasteiger partial charge < -0.3 is 9.64 Å². The minimum absolute atomic E-state index is 0.0264. The van der Waals surface area contributed by atoms with Gasteiger partial charge in [-0.15, -0.1) is 0 Å². The average Bonchev–Trinajstić information content (AvgIpc) is 2.50. The van der Waals surface area contributed by atoms with Gasteiger partial charge in [-0.05, 0) is 49.1 Å². The maximum absolute atomic E-state index is 12.2. The van der Waals surface area contributed by atoms with Gasteiger partial charge in [-0.3, -0.25) is 4.79 Å². The molecule has 3 nitrogen and oxygen atoms in total. The summed E-state index contributed by atoms with van der Waals surface area (Å²) in [6.07, 6.45) is 0. The molecule has 2 rings (SSSR count). The summed E-state index contributed by atoms with van der Waals surface area (Å²) in [5.41, 5.74) is 4.57. The van der Waals surface area contributed by atoms with Gasteiger partial charge in [0.1, 0.15) is 5.75 Å². The van der Waals surface area contributed by atoms with Crippen LogP contribution in [-0.4, -0.2) is 24.5 Å². The predicted octanol–water partition coefficient (Wildman–Crippen LogP) is 3.65. The Bertz CT molecular complexity index is 650. The summed E-state index contributed by atoms with van der Waals surface area (Å²) in [5, 5.41) is 0. The molecule has 0 atom stereocenters. The number of carbonyl (C=O) groups excluding carboxylic acids is 1. The van der Waals surface area contributed by atoms with E-state index in [1.807, 2.05) is 50.2 Å². The highest BCUT2D eigenvalue weighted by Gasteiger charge is 2.11. The highest BCUT2D eigenvalue weighted by Crippen LogP contribution is 2.22. The van der Waals surface area contributed by atoms with Crippen LogP contribution in [0.2, 0.25) is 0 Å². The van der Waals surface area contributed by atoms with Crippen molar-refractivity contribution < 1.29 is 9.53 Å². The van der Waals surface area contributed by atoms with Crippen molar-refractivity contribution in [2.75, 3.05) is 13.7 Å². The summed E-state index contributed by atoms with van der Waals surface area (Å²) < 4.78 is 5.70. The SMILES string of the molecule is Cc1cc(C)c(OCC(=O)N(C)Cc2ccccc2)cc1C. The zero-order valence-electron chi connectivity index (χ0n) is 13.7. The van der Waals surface area contributed by atoms with Gasteiger partial charge in [0.25, 0.3) is 5.91 Å². The van der Waals surface area contributed by atoms with Crippen molar-refractivity contribution in [3.8, 4) is 5.75 Å². The first kappa shape index (κ1) is 16.1. The molecule has 0 radical (unpaired) electrons. The van der Waals surface area contributed by atoms with Crippen molar-refractivity contribution >= 4 is 5.91 Å². The van der Waals surface area contributed by atoms with Crippen LogP contribution >= 0.6 is 0 Å². The summed E-state index contributed by atoms with van der Waals surface area (Å²) in [5.74, 6) is 0.756. The third-order valence-electron chi connectivity index (χ3n) is 3.83. The molecule has 0 aliphatic heterocycles. The Morgan fingerprint density at radius 3 is 2.32 bits per heavy atom.